The lowest BCUT2D eigenvalue weighted by molar-refractivity contribution is -0.142. The Morgan fingerprint density at radius 2 is 2.10 bits per heavy atom. The number of amides is 1. The predicted molar refractivity (Wildman–Crippen MR) is 84.1 cm³/mol. The van der Waals surface area contributed by atoms with Crippen molar-refractivity contribution in [3.63, 3.8) is 0 Å². The van der Waals surface area contributed by atoms with Crippen LogP contribution < -0.4 is 0 Å². The number of benzene rings is 1. The fourth-order valence-electron chi connectivity index (χ4n) is 2.31. The van der Waals surface area contributed by atoms with Crippen LogP contribution in [0.2, 0.25) is 10.0 Å². The quantitative estimate of drug-likeness (QED) is 0.849. The molecule has 2 rings (SSSR count). The number of hydrogen-bond acceptors (Lipinski definition) is 3. The maximum atomic E-state index is 12.2. The predicted octanol–water partition coefficient (Wildman–Crippen LogP) is 3.26. The molecule has 114 valence electrons. The molecule has 2 atom stereocenters. The van der Waals surface area contributed by atoms with Gasteiger partial charge in [0.25, 0.3) is 0 Å². The number of nitrogens with zero attached hydrogens (tertiary/aromatic N) is 1. The number of aliphatic carboxylic acids is 1. The molecule has 7 heteroatoms. The largest absolute Gasteiger partial charge is 0.481 e. The standard InChI is InChI=1S/C14H15Cl2NO3S/c1-8-5-17(6-10(8)14(19)20)13(18)7-21-12-4-9(15)2-3-11(12)16/h2-4,8,10H,5-7H2,1H3,(H,19,20)/t8-,10-/m1/s1. The summed E-state index contributed by atoms with van der Waals surface area (Å²) in [4.78, 5) is 25.6. The van der Waals surface area contributed by atoms with Crippen LogP contribution in [0.5, 0.6) is 0 Å². The van der Waals surface area contributed by atoms with E-state index in [1.807, 2.05) is 6.92 Å². The van der Waals surface area contributed by atoms with Crippen molar-refractivity contribution in [3.05, 3.63) is 28.2 Å². The fraction of sp³-hybridized carbons (Fsp3) is 0.429. The van der Waals surface area contributed by atoms with Crippen molar-refractivity contribution in [2.75, 3.05) is 18.8 Å². The summed E-state index contributed by atoms with van der Waals surface area (Å²) in [5, 5.41) is 10.2. The number of carbonyl (C=O) groups excluding carboxylic acids is 1. The summed E-state index contributed by atoms with van der Waals surface area (Å²) in [7, 11) is 0. The Bertz CT molecular complexity index is 567. The van der Waals surface area contributed by atoms with Gasteiger partial charge in [-0.05, 0) is 24.1 Å². The summed E-state index contributed by atoms with van der Waals surface area (Å²) in [6.07, 6.45) is 0. The van der Waals surface area contributed by atoms with E-state index in [1.165, 1.54) is 11.8 Å². The molecule has 1 saturated heterocycles. The van der Waals surface area contributed by atoms with Gasteiger partial charge >= 0.3 is 5.97 Å². The van der Waals surface area contributed by atoms with E-state index in [9.17, 15) is 9.59 Å². The molecule has 0 saturated carbocycles. The molecule has 1 amide bonds. The zero-order valence-electron chi connectivity index (χ0n) is 11.4. The maximum Gasteiger partial charge on any atom is 0.308 e. The summed E-state index contributed by atoms with van der Waals surface area (Å²) in [6, 6.07) is 5.10. The van der Waals surface area contributed by atoms with Gasteiger partial charge in [0.2, 0.25) is 5.91 Å². The highest BCUT2D eigenvalue weighted by Crippen LogP contribution is 2.31. The van der Waals surface area contributed by atoms with Gasteiger partial charge in [-0.15, -0.1) is 11.8 Å². The van der Waals surface area contributed by atoms with Crippen molar-refractivity contribution in [2.45, 2.75) is 11.8 Å². The van der Waals surface area contributed by atoms with Crippen LogP contribution in [0.25, 0.3) is 0 Å². The van der Waals surface area contributed by atoms with Gasteiger partial charge < -0.3 is 10.0 Å². The lowest BCUT2D eigenvalue weighted by Crippen LogP contribution is -2.31. The zero-order valence-corrected chi connectivity index (χ0v) is 13.7. The molecular formula is C14H15Cl2NO3S. The van der Waals surface area contributed by atoms with E-state index in [1.54, 1.807) is 23.1 Å². The van der Waals surface area contributed by atoms with E-state index in [0.29, 0.717) is 16.6 Å². The van der Waals surface area contributed by atoms with Crippen molar-refractivity contribution < 1.29 is 14.7 Å². The smallest absolute Gasteiger partial charge is 0.308 e. The Morgan fingerprint density at radius 1 is 1.38 bits per heavy atom. The molecule has 1 aromatic carbocycles. The monoisotopic (exact) mass is 347 g/mol. The first kappa shape index (κ1) is 16.5. The molecule has 0 aliphatic carbocycles. The molecule has 0 spiro atoms. The van der Waals surface area contributed by atoms with E-state index < -0.39 is 11.9 Å². The molecule has 0 unspecified atom stereocenters. The normalized spacial score (nSPS) is 21.6. The van der Waals surface area contributed by atoms with E-state index in [2.05, 4.69) is 0 Å². The fourth-order valence-corrected chi connectivity index (χ4v) is 3.71. The van der Waals surface area contributed by atoms with Gasteiger partial charge in [-0.25, -0.2) is 0 Å². The molecule has 0 bridgehead atoms. The topological polar surface area (TPSA) is 57.6 Å². The van der Waals surface area contributed by atoms with Crippen LogP contribution in [0.4, 0.5) is 0 Å². The first-order chi connectivity index (χ1) is 9.88. The number of carboxylic acids is 1. The Kier molecular flexibility index (Phi) is 5.41. The number of hydrogen-bond donors (Lipinski definition) is 1. The molecule has 4 nitrogen and oxygen atoms in total. The van der Waals surface area contributed by atoms with Crippen LogP contribution in [-0.4, -0.2) is 40.7 Å². The third-order valence-corrected chi connectivity index (χ3v) is 5.24. The van der Waals surface area contributed by atoms with Crippen LogP contribution in [0.3, 0.4) is 0 Å². The van der Waals surface area contributed by atoms with Crippen LogP contribution in [-0.2, 0) is 9.59 Å². The second kappa shape index (κ2) is 6.90. The van der Waals surface area contributed by atoms with Gasteiger partial charge in [-0.2, -0.15) is 0 Å². The zero-order chi connectivity index (χ0) is 15.6. The van der Waals surface area contributed by atoms with Gasteiger partial charge in [0, 0.05) is 23.0 Å². The summed E-state index contributed by atoms with van der Waals surface area (Å²) < 4.78 is 0. The summed E-state index contributed by atoms with van der Waals surface area (Å²) in [5.74, 6) is -1.20. The molecule has 1 N–H and O–H groups in total. The van der Waals surface area contributed by atoms with Crippen LogP contribution in [0, 0.1) is 11.8 Å². The number of likely N-dealkylation sites (tertiary alicyclic amines) is 1. The second-order valence-electron chi connectivity index (χ2n) is 5.08. The molecule has 0 radical (unpaired) electrons. The van der Waals surface area contributed by atoms with Crippen LogP contribution in [0.15, 0.2) is 23.1 Å². The number of carboxylic acid groups (broad SMARTS) is 1. The molecule has 21 heavy (non-hydrogen) atoms. The van der Waals surface area contributed by atoms with Crippen molar-refractivity contribution in [2.24, 2.45) is 11.8 Å². The lowest BCUT2D eigenvalue weighted by Gasteiger charge is -2.15. The van der Waals surface area contributed by atoms with Gasteiger partial charge in [-0.1, -0.05) is 30.1 Å². The number of rotatable bonds is 4. The van der Waals surface area contributed by atoms with Crippen molar-refractivity contribution in [1.82, 2.24) is 4.90 Å². The van der Waals surface area contributed by atoms with Crippen LogP contribution in [0.1, 0.15) is 6.92 Å². The molecule has 1 aromatic rings. The van der Waals surface area contributed by atoms with Crippen molar-refractivity contribution >= 4 is 46.8 Å². The summed E-state index contributed by atoms with van der Waals surface area (Å²) in [5.41, 5.74) is 0. The maximum absolute atomic E-state index is 12.2. The summed E-state index contributed by atoms with van der Waals surface area (Å²) in [6.45, 7) is 2.62. The van der Waals surface area contributed by atoms with Gasteiger partial charge in [0.1, 0.15) is 0 Å². The molecule has 1 fully saturated rings. The van der Waals surface area contributed by atoms with Gasteiger partial charge in [-0.3, -0.25) is 9.59 Å². The number of thioether (sulfide) groups is 1. The Morgan fingerprint density at radius 3 is 2.71 bits per heavy atom. The van der Waals surface area contributed by atoms with E-state index in [0.717, 1.165) is 4.90 Å². The highest BCUT2D eigenvalue weighted by Gasteiger charge is 2.36. The van der Waals surface area contributed by atoms with Gasteiger partial charge in [0.15, 0.2) is 0 Å². The first-order valence-electron chi connectivity index (χ1n) is 6.47. The SMILES string of the molecule is C[C@@H]1CN(C(=O)CSc2cc(Cl)ccc2Cl)C[C@H]1C(=O)O. The van der Waals surface area contributed by atoms with E-state index in [-0.39, 0.29) is 24.1 Å². The Balaban J connectivity index is 1.94. The highest BCUT2D eigenvalue weighted by atomic mass is 35.5. The van der Waals surface area contributed by atoms with Crippen LogP contribution >= 0.6 is 35.0 Å². The third-order valence-electron chi connectivity index (χ3n) is 3.53. The minimum atomic E-state index is -0.844. The molecule has 0 aromatic heterocycles. The second-order valence-corrected chi connectivity index (χ2v) is 6.94. The van der Waals surface area contributed by atoms with E-state index >= 15 is 0 Å². The Hall–Kier alpha value is -0.910. The van der Waals surface area contributed by atoms with Gasteiger partial charge in [0.05, 0.1) is 16.7 Å². The molecule has 1 aliphatic rings. The summed E-state index contributed by atoms with van der Waals surface area (Å²) >= 11 is 13.3. The molecule has 1 heterocycles. The van der Waals surface area contributed by atoms with E-state index in [4.69, 9.17) is 28.3 Å². The first-order valence-corrected chi connectivity index (χ1v) is 8.21. The number of halogens is 2. The van der Waals surface area contributed by atoms with Crippen molar-refractivity contribution in [1.29, 1.82) is 0 Å². The lowest BCUT2D eigenvalue weighted by atomic mass is 9.99. The Labute approximate surface area is 137 Å². The minimum Gasteiger partial charge on any atom is -0.481 e. The third kappa shape index (κ3) is 4.05. The minimum absolute atomic E-state index is 0.0220. The average Bonchev–Trinajstić information content (AvgIpc) is 2.82. The van der Waals surface area contributed by atoms with Crippen molar-refractivity contribution in [3.8, 4) is 0 Å². The molecule has 1 aliphatic heterocycles. The highest BCUT2D eigenvalue weighted by molar-refractivity contribution is 8.00. The average molecular weight is 348 g/mol. The molecular weight excluding hydrogens is 333 g/mol. The number of carbonyl (C=O) groups is 2.